The van der Waals surface area contributed by atoms with Gasteiger partial charge < -0.3 is 16.4 Å². The minimum atomic E-state index is -0.598. The molecule has 1 aromatic heterocycles. The van der Waals surface area contributed by atoms with E-state index in [9.17, 15) is 14.0 Å². The summed E-state index contributed by atoms with van der Waals surface area (Å²) >= 11 is 0. The lowest BCUT2D eigenvalue weighted by molar-refractivity contribution is -0.114. The summed E-state index contributed by atoms with van der Waals surface area (Å²) in [6, 6.07) is 3.81. The highest BCUT2D eigenvalue weighted by molar-refractivity contribution is 6.06. The van der Waals surface area contributed by atoms with Crippen LogP contribution in [0.1, 0.15) is 17.4 Å². The molecule has 0 bridgehead atoms. The molecule has 5 N–H and O–H groups in total. The molecule has 2 amide bonds. The van der Waals surface area contributed by atoms with Crippen molar-refractivity contribution in [3.05, 3.63) is 35.9 Å². The number of aromatic nitrogens is 2. The van der Waals surface area contributed by atoms with E-state index in [1.165, 1.54) is 25.3 Å². The maximum Gasteiger partial charge on any atom is 0.275 e. The number of hydrogen-bond acceptors (Lipinski definition) is 4. The maximum absolute atomic E-state index is 13.4. The van der Waals surface area contributed by atoms with E-state index >= 15 is 0 Å². The van der Waals surface area contributed by atoms with E-state index in [0.717, 1.165) is 6.07 Å². The van der Waals surface area contributed by atoms with E-state index in [1.807, 2.05) is 0 Å². The molecule has 0 radical (unpaired) electrons. The molecule has 0 atom stereocenters. The van der Waals surface area contributed by atoms with Gasteiger partial charge in [-0.15, -0.1) is 0 Å². The van der Waals surface area contributed by atoms with E-state index < -0.39 is 17.6 Å². The van der Waals surface area contributed by atoms with Gasteiger partial charge in [0.2, 0.25) is 5.91 Å². The summed E-state index contributed by atoms with van der Waals surface area (Å²) in [6.45, 7) is 1.26. The number of aromatic amines is 1. The fourth-order valence-electron chi connectivity index (χ4n) is 1.56. The smallest absolute Gasteiger partial charge is 0.275 e. The zero-order valence-corrected chi connectivity index (χ0v) is 10.5. The summed E-state index contributed by atoms with van der Waals surface area (Å²) in [4.78, 5) is 22.8. The molecule has 1 aromatic carbocycles. The Kier molecular flexibility index (Phi) is 3.65. The van der Waals surface area contributed by atoms with Crippen LogP contribution in [0.15, 0.2) is 24.4 Å². The summed E-state index contributed by atoms with van der Waals surface area (Å²) in [5.74, 6) is -1.52. The fourth-order valence-corrected chi connectivity index (χ4v) is 1.56. The number of amides is 2. The van der Waals surface area contributed by atoms with E-state index in [1.54, 1.807) is 0 Å². The first kappa shape index (κ1) is 13.5. The van der Waals surface area contributed by atoms with Crippen molar-refractivity contribution in [1.82, 2.24) is 10.2 Å². The molecule has 0 saturated carbocycles. The molecule has 8 heteroatoms. The lowest BCUT2D eigenvalue weighted by Crippen LogP contribution is -2.15. The second-order valence-electron chi connectivity index (χ2n) is 4.03. The van der Waals surface area contributed by atoms with Gasteiger partial charge in [0.1, 0.15) is 11.5 Å². The predicted molar refractivity (Wildman–Crippen MR) is 71.7 cm³/mol. The fraction of sp³-hybridized carbons (Fsp3) is 0.0833. The molecular weight excluding hydrogens is 265 g/mol. The molecule has 0 fully saturated rings. The van der Waals surface area contributed by atoms with E-state index in [0.29, 0.717) is 5.69 Å². The number of hydrogen-bond donors (Lipinski definition) is 4. The number of H-pyrrole nitrogens is 1. The standard InChI is InChI=1S/C12H12FN5O2/c1-6(19)16-10-4-7(2-3-8(10)13)17-12(20)11-9(14)5-15-18-11/h2-5H,14H2,1H3,(H,15,18)(H,16,19)(H,17,20). The van der Waals surface area contributed by atoms with E-state index in [4.69, 9.17) is 5.73 Å². The molecule has 0 unspecified atom stereocenters. The van der Waals surface area contributed by atoms with Crippen LogP contribution in [-0.2, 0) is 4.79 Å². The lowest BCUT2D eigenvalue weighted by atomic mass is 10.2. The number of nitrogens with two attached hydrogens (primary N) is 1. The highest BCUT2D eigenvalue weighted by atomic mass is 19.1. The first-order valence-corrected chi connectivity index (χ1v) is 5.64. The van der Waals surface area contributed by atoms with Crippen LogP contribution < -0.4 is 16.4 Å². The third-order valence-electron chi connectivity index (χ3n) is 2.43. The second kappa shape index (κ2) is 5.39. The topological polar surface area (TPSA) is 113 Å². The van der Waals surface area contributed by atoms with E-state index in [2.05, 4.69) is 20.8 Å². The molecule has 0 aliphatic carbocycles. The van der Waals surface area contributed by atoms with Crippen LogP contribution in [0.5, 0.6) is 0 Å². The van der Waals surface area contributed by atoms with Gasteiger partial charge in [-0.05, 0) is 18.2 Å². The van der Waals surface area contributed by atoms with Gasteiger partial charge >= 0.3 is 0 Å². The van der Waals surface area contributed by atoms with Gasteiger partial charge in [0.05, 0.1) is 17.6 Å². The van der Waals surface area contributed by atoms with Crippen LogP contribution in [0.25, 0.3) is 0 Å². The minimum Gasteiger partial charge on any atom is -0.396 e. The number of carbonyl (C=O) groups is 2. The maximum atomic E-state index is 13.4. The van der Waals surface area contributed by atoms with Gasteiger partial charge in [-0.25, -0.2) is 4.39 Å². The van der Waals surface area contributed by atoms with Crippen molar-refractivity contribution in [2.75, 3.05) is 16.4 Å². The number of rotatable bonds is 3. The molecule has 2 aromatic rings. The third-order valence-corrected chi connectivity index (χ3v) is 2.43. The molecule has 0 spiro atoms. The van der Waals surface area contributed by atoms with Crippen LogP contribution in [0.4, 0.5) is 21.5 Å². The van der Waals surface area contributed by atoms with E-state index in [-0.39, 0.29) is 17.1 Å². The number of nitrogens with one attached hydrogen (secondary N) is 3. The Bertz CT molecular complexity index is 668. The molecule has 0 aliphatic rings. The Labute approximate surface area is 113 Å². The summed E-state index contributed by atoms with van der Waals surface area (Å²) < 4.78 is 13.4. The highest BCUT2D eigenvalue weighted by Gasteiger charge is 2.13. The van der Waals surface area contributed by atoms with Gasteiger partial charge in [0.25, 0.3) is 5.91 Å². The monoisotopic (exact) mass is 277 g/mol. The van der Waals surface area contributed by atoms with Crippen LogP contribution in [-0.4, -0.2) is 22.0 Å². The van der Waals surface area contributed by atoms with Crippen molar-refractivity contribution in [3.8, 4) is 0 Å². The molecule has 2 rings (SSSR count). The Morgan fingerprint density at radius 2 is 2.10 bits per heavy atom. The van der Waals surface area contributed by atoms with Gasteiger partial charge in [-0.2, -0.15) is 5.10 Å². The van der Waals surface area contributed by atoms with Crippen molar-refractivity contribution in [3.63, 3.8) is 0 Å². The lowest BCUT2D eigenvalue weighted by Gasteiger charge is -2.08. The molecule has 20 heavy (non-hydrogen) atoms. The first-order chi connectivity index (χ1) is 9.47. The molecule has 1 heterocycles. The largest absolute Gasteiger partial charge is 0.396 e. The van der Waals surface area contributed by atoms with Gasteiger partial charge in [-0.3, -0.25) is 14.7 Å². The Hall–Kier alpha value is -2.90. The number of halogens is 1. The zero-order valence-electron chi connectivity index (χ0n) is 10.5. The first-order valence-electron chi connectivity index (χ1n) is 5.64. The summed E-state index contributed by atoms with van der Waals surface area (Å²) in [5, 5.41) is 10.9. The summed E-state index contributed by atoms with van der Waals surface area (Å²) in [6.07, 6.45) is 1.31. The van der Waals surface area contributed by atoms with Crippen molar-refractivity contribution in [1.29, 1.82) is 0 Å². The van der Waals surface area contributed by atoms with Crippen molar-refractivity contribution in [2.24, 2.45) is 0 Å². The van der Waals surface area contributed by atoms with Gasteiger partial charge in [0.15, 0.2) is 0 Å². The molecule has 104 valence electrons. The van der Waals surface area contributed by atoms with Crippen LogP contribution >= 0.6 is 0 Å². The third kappa shape index (κ3) is 2.91. The Morgan fingerprint density at radius 3 is 2.70 bits per heavy atom. The average Bonchev–Trinajstić information content (AvgIpc) is 2.79. The average molecular weight is 277 g/mol. The highest BCUT2D eigenvalue weighted by Crippen LogP contribution is 2.20. The zero-order chi connectivity index (χ0) is 14.7. The molecule has 0 aliphatic heterocycles. The van der Waals surface area contributed by atoms with Crippen molar-refractivity contribution >= 4 is 28.9 Å². The molecule has 0 saturated heterocycles. The number of nitrogen functional groups attached to an aromatic ring is 1. The van der Waals surface area contributed by atoms with Crippen molar-refractivity contribution in [2.45, 2.75) is 6.92 Å². The van der Waals surface area contributed by atoms with Gasteiger partial charge in [-0.1, -0.05) is 0 Å². The number of nitrogens with zero attached hydrogens (tertiary/aromatic N) is 1. The molecule has 7 nitrogen and oxygen atoms in total. The summed E-state index contributed by atoms with van der Waals surface area (Å²) in [7, 11) is 0. The number of anilines is 3. The Balaban J connectivity index is 2.20. The van der Waals surface area contributed by atoms with Gasteiger partial charge in [0, 0.05) is 12.6 Å². The quantitative estimate of drug-likeness (QED) is 0.678. The normalized spacial score (nSPS) is 10.1. The van der Waals surface area contributed by atoms with Crippen molar-refractivity contribution < 1.29 is 14.0 Å². The SMILES string of the molecule is CC(=O)Nc1cc(NC(=O)c2[nH]ncc2N)ccc1F. The Morgan fingerprint density at radius 1 is 1.35 bits per heavy atom. The summed E-state index contributed by atoms with van der Waals surface area (Å²) in [5.41, 5.74) is 6.14. The number of benzene rings is 1. The second-order valence-corrected chi connectivity index (χ2v) is 4.03. The molecular formula is C12H12FN5O2. The predicted octanol–water partition coefficient (Wildman–Crippen LogP) is 1.34. The van der Waals surface area contributed by atoms with Crippen LogP contribution in [0.3, 0.4) is 0 Å². The minimum absolute atomic E-state index is 0.0205. The number of carbonyl (C=O) groups excluding carboxylic acids is 2. The van der Waals surface area contributed by atoms with Crippen LogP contribution in [0, 0.1) is 5.82 Å². The van der Waals surface area contributed by atoms with Crippen LogP contribution in [0.2, 0.25) is 0 Å².